The maximum Gasteiger partial charge on any atom is 0.126 e. The van der Waals surface area contributed by atoms with Gasteiger partial charge in [-0.2, -0.15) is 10.4 Å². The Morgan fingerprint density at radius 1 is 1.26 bits per heavy atom. The number of aryl methyl sites for hydroxylation is 1. The molecule has 1 aliphatic carbocycles. The molecule has 1 aliphatic rings. The molecule has 0 saturated heterocycles. The highest BCUT2D eigenvalue weighted by Gasteiger charge is 2.27. The first kappa shape index (κ1) is 21.3. The predicted molar refractivity (Wildman–Crippen MR) is 119 cm³/mol. The molecule has 0 radical (unpaired) electrons. The van der Waals surface area contributed by atoms with Gasteiger partial charge in [0.1, 0.15) is 17.6 Å². The zero-order valence-electron chi connectivity index (χ0n) is 18.4. The molecule has 162 valence electrons. The molecular formula is C24H28FN5O. The third-order valence-electron chi connectivity index (χ3n) is 5.76. The second-order valence-corrected chi connectivity index (χ2v) is 9.34. The molecule has 31 heavy (non-hydrogen) atoms. The molecule has 1 aromatic carbocycles. The van der Waals surface area contributed by atoms with Crippen molar-refractivity contribution in [2.24, 2.45) is 0 Å². The molecule has 0 bridgehead atoms. The lowest BCUT2D eigenvalue weighted by Crippen LogP contribution is -2.47. The summed E-state index contributed by atoms with van der Waals surface area (Å²) in [6.07, 6.45) is 5.89. The lowest BCUT2D eigenvalue weighted by atomic mass is 10.1. The number of hydrazine groups is 1. The predicted octanol–water partition coefficient (Wildman–Crippen LogP) is 5.64. The van der Waals surface area contributed by atoms with E-state index in [0.29, 0.717) is 33.6 Å². The quantitative estimate of drug-likeness (QED) is 0.534. The first-order valence-electron chi connectivity index (χ1n) is 10.7. The van der Waals surface area contributed by atoms with Crippen LogP contribution in [-0.4, -0.2) is 20.3 Å². The van der Waals surface area contributed by atoms with Crippen LogP contribution in [0.4, 0.5) is 10.1 Å². The van der Waals surface area contributed by atoms with E-state index in [1.54, 1.807) is 25.3 Å². The van der Waals surface area contributed by atoms with Crippen LogP contribution in [0.3, 0.4) is 0 Å². The molecule has 4 rings (SSSR count). The summed E-state index contributed by atoms with van der Waals surface area (Å²) in [5, 5.41) is 21.9. The largest absolute Gasteiger partial charge is 0.335 e. The summed E-state index contributed by atoms with van der Waals surface area (Å²) in [5.41, 5.74) is 6.35. The van der Waals surface area contributed by atoms with Crippen molar-refractivity contribution in [3.8, 4) is 17.5 Å². The molecule has 0 aliphatic heterocycles. The Hall–Kier alpha value is -2.95. The molecule has 7 heteroatoms. The van der Waals surface area contributed by atoms with Gasteiger partial charge in [-0.1, -0.05) is 12.8 Å². The van der Waals surface area contributed by atoms with E-state index in [1.807, 2.05) is 26.8 Å². The highest BCUT2D eigenvalue weighted by atomic mass is 19.1. The summed E-state index contributed by atoms with van der Waals surface area (Å²) in [6, 6.07) is 9.41. The van der Waals surface area contributed by atoms with Crippen LogP contribution in [0, 0.1) is 24.1 Å². The van der Waals surface area contributed by atoms with Crippen LogP contribution >= 0.6 is 0 Å². The zero-order valence-corrected chi connectivity index (χ0v) is 18.4. The summed E-state index contributed by atoms with van der Waals surface area (Å²) in [4.78, 5) is 4.57. The first-order chi connectivity index (χ1) is 14.7. The number of pyridine rings is 1. The maximum atomic E-state index is 14.4. The van der Waals surface area contributed by atoms with Gasteiger partial charge in [0.25, 0.3) is 0 Å². The molecule has 2 aromatic heterocycles. The van der Waals surface area contributed by atoms with E-state index < -0.39 is 0 Å². The fraction of sp³-hybridized carbons (Fsp3) is 0.417. The Bertz CT molecular complexity index is 1150. The summed E-state index contributed by atoms with van der Waals surface area (Å²) >= 11 is 0. The highest BCUT2D eigenvalue weighted by Crippen LogP contribution is 2.41. The van der Waals surface area contributed by atoms with Crippen molar-refractivity contribution in [3.05, 3.63) is 47.4 Å². The van der Waals surface area contributed by atoms with Crippen LogP contribution in [-0.2, 0) is 0 Å². The van der Waals surface area contributed by atoms with Gasteiger partial charge < -0.3 is 4.57 Å². The maximum absolute atomic E-state index is 14.4. The van der Waals surface area contributed by atoms with Crippen LogP contribution < -0.4 is 10.6 Å². The third kappa shape index (κ3) is 4.01. The van der Waals surface area contributed by atoms with E-state index >= 15 is 0 Å². The molecule has 1 saturated carbocycles. The molecule has 0 amide bonds. The molecule has 0 atom stereocenters. The number of hydrogen-bond donors (Lipinski definition) is 2. The first-order valence-corrected chi connectivity index (χ1v) is 10.7. The van der Waals surface area contributed by atoms with Crippen LogP contribution in [0.5, 0.6) is 0 Å². The van der Waals surface area contributed by atoms with Gasteiger partial charge in [0.2, 0.25) is 0 Å². The van der Waals surface area contributed by atoms with Gasteiger partial charge in [-0.15, -0.1) is 0 Å². The van der Waals surface area contributed by atoms with Gasteiger partial charge in [0, 0.05) is 17.0 Å². The Balaban J connectivity index is 1.87. The van der Waals surface area contributed by atoms with Crippen LogP contribution in [0.25, 0.3) is 22.3 Å². The highest BCUT2D eigenvalue weighted by molar-refractivity contribution is 5.94. The molecule has 0 unspecified atom stereocenters. The van der Waals surface area contributed by atoms with Crippen molar-refractivity contribution < 1.29 is 9.60 Å². The average Bonchev–Trinajstić information content (AvgIpc) is 3.33. The van der Waals surface area contributed by atoms with E-state index in [9.17, 15) is 14.9 Å². The smallest absolute Gasteiger partial charge is 0.126 e. The van der Waals surface area contributed by atoms with Gasteiger partial charge in [0.05, 0.1) is 28.7 Å². The van der Waals surface area contributed by atoms with Gasteiger partial charge in [-0.25, -0.2) is 9.82 Å². The number of anilines is 1. The van der Waals surface area contributed by atoms with Crippen molar-refractivity contribution in [2.75, 3.05) is 5.17 Å². The van der Waals surface area contributed by atoms with E-state index in [-0.39, 0.29) is 17.4 Å². The van der Waals surface area contributed by atoms with Crippen molar-refractivity contribution >= 4 is 16.6 Å². The topological polar surface area (TPSA) is 77.1 Å². The molecule has 0 spiro atoms. The summed E-state index contributed by atoms with van der Waals surface area (Å²) in [7, 11) is 0. The number of nitrogens with zero attached hydrogens (tertiary/aromatic N) is 4. The van der Waals surface area contributed by atoms with Gasteiger partial charge in [0.15, 0.2) is 0 Å². The van der Waals surface area contributed by atoms with Crippen LogP contribution in [0.15, 0.2) is 30.5 Å². The Labute approximate surface area is 181 Å². The molecule has 2 heterocycles. The number of nitriles is 1. The summed E-state index contributed by atoms with van der Waals surface area (Å²) < 4.78 is 16.6. The lowest BCUT2D eigenvalue weighted by Gasteiger charge is -2.27. The molecule has 2 N–H and O–H groups in total. The monoisotopic (exact) mass is 421 g/mol. The van der Waals surface area contributed by atoms with E-state index in [1.165, 1.54) is 6.07 Å². The summed E-state index contributed by atoms with van der Waals surface area (Å²) in [6.45, 7) is 7.58. The second-order valence-electron chi connectivity index (χ2n) is 9.34. The second kappa shape index (κ2) is 7.95. The summed E-state index contributed by atoms with van der Waals surface area (Å²) in [5.74, 6) is -0.313. The Kier molecular flexibility index (Phi) is 5.46. The standard InChI is InChI=1S/C24H28FN5O/c1-15-11-22-18(12-20(15)25)19(13-26)23(29(22)16-7-5-6-8-16)21-10-9-17(14-27-21)30(31)28-24(2,3)4/h9-12,14,16,28,31H,5-8H2,1-4H3. The Morgan fingerprint density at radius 2 is 1.97 bits per heavy atom. The van der Waals surface area contributed by atoms with Crippen molar-refractivity contribution in [3.63, 3.8) is 0 Å². The number of rotatable bonds is 4. The molecule has 3 aromatic rings. The van der Waals surface area contributed by atoms with E-state index in [2.05, 4.69) is 21.0 Å². The minimum absolute atomic E-state index is 0.253. The number of benzene rings is 1. The minimum Gasteiger partial charge on any atom is -0.335 e. The van der Waals surface area contributed by atoms with Crippen molar-refractivity contribution in [2.45, 2.75) is 65.0 Å². The van der Waals surface area contributed by atoms with Gasteiger partial charge in [-0.3, -0.25) is 10.2 Å². The van der Waals surface area contributed by atoms with E-state index in [4.69, 9.17) is 0 Å². The SMILES string of the molecule is Cc1cc2c(cc1F)c(C#N)c(-c1ccc(N(O)NC(C)(C)C)cn1)n2C1CCCC1. The van der Waals surface area contributed by atoms with Crippen molar-refractivity contribution in [1.82, 2.24) is 15.0 Å². The van der Waals surface area contributed by atoms with Crippen LogP contribution in [0.2, 0.25) is 0 Å². The van der Waals surface area contributed by atoms with E-state index in [0.717, 1.165) is 36.4 Å². The average molecular weight is 422 g/mol. The fourth-order valence-electron chi connectivity index (χ4n) is 4.37. The molecule has 1 fully saturated rings. The third-order valence-corrected chi connectivity index (χ3v) is 5.76. The lowest BCUT2D eigenvalue weighted by molar-refractivity contribution is 0.173. The number of nitrogens with one attached hydrogen (secondary N) is 1. The number of hydrogen-bond acceptors (Lipinski definition) is 5. The Morgan fingerprint density at radius 3 is 2.55 bits per heavy atom. The van der Waals surface area contributed by atoms with Gasteiger partial charge >= 0.3 is 0 Å². The fourth-order valence-corrected chi connectivity index (χ4v) is 4.37. The zero-order chi connectivity index (χ0) is 22.3. The normalized spacial score (nSPS) is 14.9. The van der Waals surface area contributed by atoms with Crippen LogP contribution in [0.1, 0.15) is 63.6 Å². The molecular weight excluding hydrogens is 393 g/mol. The number of fused-ring (bicyclic) bond motifs is 1. The van der Waals surface area contributed by atoms with Crippen molar-refractivity contribution in [1.29, 1.82) is 5.26 Å². The minimum atomic E-state index is -0.321. The number of aromatic nitrogens is 2. The molecule has 6 nitrogen and oxygen atoms in total. The number of halogens is 1. The van der Waals surface area contributed by atoms with Gasteiger partial charge in [-0.05, 0) is 70.4 Å².